The van der Waals surface area contributed by atoms with Gasteiger partial charge in [-0.25, -0.2) is 9.78 Å². The molecule has 1 N–H and O–H groups in total. The molecule has 0 unspecified atom stereocenters. The van der Waals surface area contributed by atoms with Gasteiger partial charge in [0.25, 0.3) is 0 Å². The second-order valence-electron chi connectivity index (χ2n) is 5.94. The van der Waals surface area contributed by atoms with Crippen LogP contribution in [-0.2, 0) is 4.74 Å². The predicted molar refractivity (Wildman–Crippen MR) is 86.5 cm³/mol. The zero-order chi connectivity index (χ0) is 15.6. The Bertz CT molecular complexity index is 533. The fraction of sp³-hybridized carbons (Fsp3) is 0.571. The van der Waals surface area contributed by atoms with E-state index in [1.807, 2.05) is 26.8 Å². The van der Waals surface area contributed by atoms with Gasteiger partial charge in [0.05, 0.1) is 4.47 Å². The molecule has 0 spiro atoms. The second-order valence-corrected chi connectivity index (χ2v) is 7.18. The molecule has 1 saturated heterocycles. The van der Waals surface area contributed by atoms with E-state index < -0.39 is 5.60 Å². The van der Waals surface area contributed by atoms with Crippen molar-refractivity contribution in [3.8, 4) is 0 Å². The van der Waals surface area contributed by atoms with Crippen LogP contribution in [0.3, 0.4) is 0 Å². The zero-order valence-electron chi connectivity index (χ0n) is 12.3. The van der Waals surface area contributed by atoms with Gasteiger partial charge in [-0.3, -0.25) is 4.90 Å². The van der Waals surface area contributed by atoms with Crippen molar-refractivity contribution in [2.24, 2.45) is 0 Å². The number of nitrogens with zero attached hydrogens (tertiary/aromatic N) is 2. The maximum Gasteiger partial charge on any atom is 0.411 e. The molecule has 116 valence electrons. The van der Waals surface area contributed by atoms with Gasteiger partial charge in [-0.05, 0) is 61.7 Å². The highest BCUT2D eigenvalue weighted by Gasteiger charge is 2.32. The molecule has 0 saturated carbocycles. The van der Waals surface area contributed by atoms with Gasteiger partial charge in [0, 0.05) is 6.54 Å². The SMILES string of the molecule is CC(C)(C)OC(=O)N1CCC[C@@H]1Nc1nc(Cl)ccc1Br. The number of carbonyl (C=O) groups excluding carboxylic acids is 1. The zero-order valence-corrected chi connectivity index (χ0v) is 14.7. The number of hydrogen-bond donors (Lipinski definition) is 1. The number of nitrogens with one attached hydrogen (secondary N) is 1. The Morgan fingerprint density at radius 3 is 2.90 bits per heavy atom. The van der Waals surface area contributed by atoms with E-state index in [0.717, 1.165) is 17.3 Å². The van der Waals surface area contributed by atoms with Crippen molar-refractivity contribution in [3.05, 3.63) is 21.8 Å². The summed E-state index contributed by atoms with van der Waals surface area (Å²) in [6, 6.07) is 3.53. The minimum absolute atomic E-state index is 0.137. The molecule has 7 heteroatoms. The number of pyridine rings is 1. The summed E-state index contributed by atoms with van der Waals surface area (Å²) in [5, 5.41) is 3.65. The third kappa shape index (κ3) is 4.48. The van der Waals surface area contributed by atoms with Crippen molar-refractivity contribution in [2.75, 3.05) is 11.9 Å². The quantitative estimate of drug-likeness (QED) is 0.783. The van der Waals surface area contributed by atoms with E-state index >= 15 is 0 Å². The molecule has 5 nitrogen and oxygen atoms in total. The Morgan fingerprint density at radius 2 is 2.24 bits per heavy atom. The first kappa shape index (κ1) is 16.4. The van der Waals surface area contributed by atoms with E-state index in [1.165, 1.54) is 0 Å². The number of likely N-dealkylation sites (tertiary alicyclic amines) is 1. The summed E-state index contributed by atoms with van der Waals surface area (Å²) in [6.45, 7) is 6.25. The normalized spacial score (nSPS) is 18.7. The number of aromatic nitrogens is 1. The van der Waals surface area contributed by atoms with Crippen LogP contribution in [0.1, 0.15) is 33.6 Å². The van der Waals surface area contributed by atoms with E-state index in [0.29, 0.717) is 17.5 Å². The van der Waals surface area contributed by atoms with Crippen LogP contribution in [0.2, 0.25) is 5.15 Å². The Morgan fingerprint density at radius 1 is 1.52 bits per heavy atom. The first-order chi connectivity index (χ1) is 9.76. The first-order valence-electron chi connectivity index (χ1n) is 6.84. The number of carbonyl (C=O) groups is 1. The van der Waals surface area contributed by atoms with E-state index in [1.54, 1.807) is 11.0 Å². The topological polar surface area (TPSA) is 54.5 Å². The van der Waals surface area contributed by atoms with Crippen molar-refractivity contribution in [2.45, 2.75) is 45.4 Å². The first-order valence-corrected chi connectivity index (χ1v) is 8.01. The average Bonchev–Trinajstić information content (AvgIpc) is 2.80. The van der Waals surface area contributed by atoms with Crippen LogP contribution >= 0.6 is 27.5 Å². The molecule has 2 rings (SSSR count). The number of rotatable bonds is 2. The standard InChI is InChI=1S/C14H19BrClN3O2/c1-14(2,3)21-13(20)19-8-4-5-11(19)18-12-9(15)6-7-10(16)17-12/h6-7,11H,4-5,8H2,1-3H3,(H,17,18)/t11-/m1/s1. The molecule has 0 radical (unpaired) electrons. The number of anilines is 1. The second kappa shape index (κ2) is 6.40. The number of amides is 1. The Hall–Kier alpha value is -1.01. The van der Waals surface area contributed by atoms with Crippen LogP contribution in [0.4, 0.5) is 10.6 Å². The molecule has 1 aromatic rings. The van der Waals surface area contributed by atoms with Crippen molar-refractivity contribution < 1.29 is 9.53 Å². The van der Waals surface area contributed by atoms with Gasteiger partial charge in [0.15, 0.2) is 0 Å². The highest BCUT2D eigenvalue weighted by atomic mass is 79.9. The van der Waals surface area contributed by atoms with Gasteiger partial charge in [0.2, 0.25) is 0 Å². The van der Waals surface area contributed by atoms with Crippen LogP contribution < -0.4 is 5.32 Å². The minimum atomic E-state index is -0.501. The Balaban J connectivity index is 2.08. The van der Waals surface area contributed by atoms with Crippen LogP contribution in [0.5, 0.6) is 0 Å². The molecular weight excluding hydrogens is 358 g/mol. The third-order valence-corrected chi connectivity index (χ3v) is 3.85. The lowest BCUT2D eigenvalue weighted by molar-refractivity contribution is 0.0244. The van der Waals surface area contributed by atoms with Gasteiger partial charge >= 0.3 is 6.09 Å². The average molecular weight is 377 g/mol. The van der Waals surface area contributed by atoms with E-state index in [4.69, 9.17) is 16.3 Å². The van der Waals surface area contributed by atoms with Crippen LogP contribution in [0.25, 0.3) is 0 Å². The van der Waals surface area contributed by atoms with Gasteiger partial charge in [0.1, 0.15) is 22.7 Å². The molecule has 2 heterocycles. The monoisotopic (exact) mass is 375 g/mol. The lowest BCUT2D eigenvalue weighted by atomic mass is 10.2. The number of ether oxygens (including phenoxy) is 1. The van der Waals surface area contributed by atoms with Crippen LogP contribution in [0, 0.1) is 0 Å². The van der Waals surface area contributed by atoms with Crippen molar-refractivity contribution in [3.63, 3.8) is 0 Å². The summed E-state index contributed by atoms with van der Waals surface area (Å²) < 4.78 is 6.24. The summed E-state index contributed by atoms with van der Waals surface area (Å²) >= 11 is 9.34. The molecule has 1 fully saturated rings. The van der Waals surface area contributed by atoms with E-state index in [9.17, 15) is 4.79 Å². The minimum Gasteiger partial charge on any atom is -0.444 e. The smallest absolute Gasteiger partial charge is 0.411 e. The van der Waals surface area contributed by atoms with Gasteiger partial charge in [-0.1, -0.05) is 11.6 Å². The summed E-state index contributed by atoms with van der Waals surface area (Å²) in [7, 11) is 0. The maximum atomic E-state index is 12.2. The van der Waals surface area contributed by atoms with Gasteiger partial charge in [-0.15, -0.1) is 0 Å². The van der Waals surface area contributed by atoms with E-state index in [2.05, 4.69) is 26.2 Å². The summed E-state index contributed by atoms with van der Waals surface area (Å²) in [5.74, 6) is 0.628. The summed E-state index contributed by atoms with van der Waals surface area (Å²) in [6.07, 6.45) is 1.33. The molecular formula is C14H19BrClN3O2. The Labute approximate surface area is 138 Å². The fourth-order valence-corrected chi connectivity index (χ4v) is 2.62. The molecule has 1 aliphatic rings. The van der Waals surface area contributed by atoms with Crippen molar-refractivity contribution in [1.82, 2.24) is 9.88 Å². The molecule has 1 atom stereocenters. The maximum absolute atomic E-state index is 12.2. The molecule has 1 aromatic heterocycles. The largest absolute Gasteiger partial charge is 0.444 e. The van der Waals surface area contributed by atoms with Gasteiger partial charge < -0.3 is 10.1 Å². The molecule has 1 amide bonds. The molecule has 1 aliphatic heterocycles. The molecule has 0 aliphatic carbocycles. The van der Waals surface area contributed by atoms with Crippen LogP contribution in [0.15, 0.2) is 16.6 Å². The highest BCUT2D eigenvalue weighted by Crippen LogP contribution is 2.27. The molecule has 21 heavy (non-hydrogen) atoms. The number of hydrogen-bond acceptors (Lipinski definition) is 4. The molecule has 0 aromatic carbocycles. The predicted octanol–water partition coefficient (Wildman–Crippen LogP) is 4.27. The fourth-order valence-electron chi connectivity index (χ4n) is 2.13. The lowest BCUT2D eigenvalue weighted by Gasteiger charge is -2.29. The molecule has 0 bridgehead atoms. The summed E-state index contributed by atoms with van der Waals surface area (Å²) in [5.41, 5.74) is -0.501. The Kier molecular flexibility index (Phi) is 4.99. The number of halogens is 2. The van der Waals surface area contributed by atoms with E-state index in [-0.39, 0.29) is 12.3 Å². The third-order valence-electron chi connectivity index (χ3n) is 3.00. The van der Waals surface area contributed by atoms with Crippen molar-refractivity contribution in [1.29, 1.82) is 0 Å². The van der Waals surface area contributed by atoms with Crippen molar-refractivity contribution >= 4 is 39.4 Å². The summed E-state index contributed by atoms with van der Waals surface area (Å²) in [4.78, 5) is 18.1. The highest BCUT2D eigenvalue weighted by molar-refractivity contribution is 9.10. The van der Waals surface area contributed by atoms with Crippen LogP contribution in [-0.4, -0.2) is 34.3 Å². The van der Waals surface area contributed by atoms with Gasteiger partial charge in [-0.2, -0.15) is 0 Å². The lowest BCUT2D eigenvalue weighted by Crippen LogP contribution is -2.43.